The average Bonchev–Trinajstić information content (AvgIpc) is 3.89. The molecule has 6 unspecified atom stereocenters. The van der Waals surface area contributed by atoms with Crippen molar-refractivity contribution < 1.29 is 0 Å². The second-order valence-corrected chi connectivity index (χ2v) is 24.6. The highest BCUT2D eigenvalue weighted by Crippen LogP contribution is 2.89. The normalized spacial score (nSPS) is 27.5. The lowest BCUT2D eigenvalue weighted by atomic mass is 9.27. The van der Waals surface area contributed by atoms with Gasteiger partial charge < -0.3 is 4.90 Å². The number of nitrogens with zero attached hydrogens (tertiary/aromatic N) is 1. The van der Waals surface area contributed by atoms with Crippen LogP contribution in [-0.2, 0) is 27.1 Å². The van der Waals surface area contributed by atoms with Crippen molar-refractivity contribution in [1.29, 1.82) is 0 Å². The lowest BCUT2D eigenvalue weighted by Gasteiger charge is -2.76. The Hall–Kier alpha value is -4.88. The van der Waals surface area contributed by atoms with E-state index in [1.807, 2.05) is 0 Å². The van der Waals surface area contributed by atoms with E-state index in [0.717, 1.165) is 23.7 Å². The second-order valence-electron chi connectivity index (χ2n) is 24.6. The molecule has 2 bridgehead atoms. The topological polar surface area (TPSA) is 3.24 Å². The molecule has 1 heteroatoms. The van der Waals surface area contributed by atoms with E-state index in [4.69, 9.17) is 0 Å². The van der Waals surface area contributed by atoms with Gasteiger partial charge in [-0.15, -0.1) is 0 Å². The number of rotatable bonds is 5. The van der Waals surface area contributed by atoms with E-state index in [-0.39, 0.29) is 27.1 Å². The van der Waals surface area contributed by atoms with Gasteiger partial charge in [-0.3, -0.25) is 0 Å². The zero-order valence-electron chi connectivity index (χ0n) is 39.6. The van der Waals surface area contributed by atoms with Crippen molar-refractivity contribution in [3.63, 3.8) is 0 Å². The van der Waals surface area contributed by atoms with Crippen molar-refractivity contribution in [3.8, 4) is 33.4 Å². The Bertz CT molecular complexity index is 2810. The fraction of sp³-hybridized carbons (Fsp3) is 0.419. The minimum absolute atomic E-state index is 0.0710. The molecule has 0 heterocycles. The van der Waals surface area contributed by atoms with Gasteiger partial charge >= 0.3 is 0 Å². The fourth-order valence-corrected chi connectivity index (χ4v) is 14.9. The Morgan fingerprint density at radius 3 is 1.65 bits per heavy atom. The van der Waals surface area contributed by atoms with Gasteiger partial charge in [0.1, 0.15) is 0 Å². The van der Waals surface area contributed by atoms with E-state index in [2.05, 4.69) is 202 Å². The summed E-state index contributed by atoms with van der Waals surface area (Å²) in [6, 6.07) is 50.5. The van der Waals surface area contributed by atoms with E-state index in [1.54, 1.807) is 11.1 Å². The van der Waals surface area contributed by atoms with Crippen LogP contribution >= 0.6 is 0 Å². The summed E-state index contributed by atoms with van der Waals surface area (Å²) in [5.74, 6) is 3.31. The highest BCUT2D eigenvalue weighted by atomic mass is 15.1. The van der Waals surface area contributed by atoms with Crippen LogP contribution in [0, 0.1) is 29.1 Å². The van der Waals surface area contributed by atoms with Gasteiger partial charge in [-0.2, -0.15) is 0 Å². The van der Waals surface area contributed by atoms with Crippen LogP contribution in [0.25, 0.3) is 33.4 Å². The van der Waals surface area contributed by atoms with Crippen LogP contribution in [-0.4, -0.2) is 0 Å². The predicted molar refractivity (Wildman–Crippen MR) is 266 cm³/mol. The van der Waals surface area contributed by atoms with Crippen molar-refractivity contribution in [3.05, 3.63) is 161 Å². The minimum atomic E-state index is 0.0710. The fourth-order valence-electron chi connectivity index (χ4n) is 14.9. The summed E-state index contributed by atoms with van der Waals surface area (Å²) in [7, 11) is 0. The number of benzene rings is 6. The molecule has 4 saturated carbocycles. The third-order valence-electron chi connectivity index (χ3n) is 18.3. The molecule has 0 aliphatic heterocycles. The largest absolute Gasteiger partial charge is 0.310 e. The molecule has 63 heavy (non-hydrogen) atoms. The lowest BCUT2D eigenvalue weighted by molar-refractivity contribution is -0.231. The maximum Gasteiger partial charge on any atom is 0.0465 e. The van der Waals surface area contributed by atoms with Crippen LogP contribution < -0.4 is 4.90 Å². The number of hydrogen-bond acceptors (Lipinski definition) is 1. The molecule has 0 N–H and O–H groups in total. The van der Waals surface area contributed by atoms with Crippen LogP contribution in [0.2, 0.25) is 0 Å². The van der Waals surface area contributed by atoms with E-state index >= 15 is 0 Å². The SMILES string of the molecule is CC(C)(C)c1cc(-c2ccc3c(c2)C2(c4cc(N(c5ccc(-c6ccccc6)cc5)c5ccc6c(c5)C(C)(C)CCC6(C)C)ccc4-3)C3CC4CC5CC2C53C4)cc(C(C)(C)C)c1. The summed E-state index contributed by atoms with van der Waals surface area (Å²) in [5, 5.41) is 0. The Labute approximate surface area is 378 Å². The monoisotopic (exact) mass is 826 g/mol. The summed E-state index contributed by atoms with van der Waals surface area (Å²) in [6.45, 7) is 24.0. The lowest BCUT2D eigenvalue weighted by Crippen LogP contribution is -2.73. The van der Waals surface area contributed by atoms with Crippen LogP contribution in [0.1, 0.15) is 141 Å². The number of anilines is 3. The molecule has 0 saturated heterocycles. The summed E-state index contributed by atoms with van der Waals surface area (Å²) < 4.78 is 0. The van der Waals surface area contributed by atoms with Crippen LogP contribution in [0.15, 0.2) is 127 Å². The van der Waals surface area contributed by atoms with Crippen molar-refractivity contribution in [2.45, 2.75) is 135 Å². The van der Waals surface area contributed by atoms with Crippen molar-refractivity contribution in [1.82, 2.24) is 0 Å². The molecule has 6 atom stereocenters. The van der Waals surface area contributed by atoms with Crippen LogP contribution in [0.5, 0.6) is 0 Å². The second kappa shape index (κ2) is 12.9. The van der Waals surface area contributed by atoms with Gasteiger partial charge in [0.05, 0.1) is 0 Å². The van der Waals surface area contributed by atoms with Gasteiger partial charge in [0.2, 0.25) is 0 Å². The number of fused-ring (bicyclic) bond motifs is 9. The Morgan fingerprint density at radius 2 is 1.00 bits per heavy atom. The smallest absolute Gasteiger partial charge is 0.0465 e. The molecule has 12 rings (SSSR count). The molecule has 6 aromatic rings. The quantitative estimate of drug-likeness (QED) is 0.167. The van der Waals surface area contributed by atoms with Gasteiger partial charge in [-0.05, 0) is 198 Å². The third-order valence-corrected chi connectivity index (χ3v) is 18.3. The van der Waals surface area contributed by atoms with Crippen LogP contribution in [0.4, 0.5) is 17.1 Å². The molecule has 6 aliphatic rings. The predicted octanol–water partition coefficient (Wildman–Crippen LogP) is 16.8. The van der Waals surface area contributed by atoms with Gasteiger partial charge in [0, 0.05) is 22.5 Å². The van der Waals surface area contributed by atoms with Crippen LogP contribution in [0.3, 0.4) is 0 Å². The highest BCUT2D eigenvalue weighted by Gasteiger charge is 2.84. The maximum atomic E-state index is 2.70. The molecule has 0 amide bonds. The molecule has 1 nitrogen and oxygen atoms in total. The molecule has 0 radical (unpaired) electrons. The van der Waals surface area contributed by atoms with E-state index in [1.165, 1.54) is 111 Å². The van der Waals surface area contributed by atoms with Gasteiger partial charge in [0.15, 0.2) is 0 Å². The Balaban J connectivity index is 1.04. The highest BCUT2D eigenvalue weighted by molar-refractivity contribution is 5.89. The van der Waals surface area contributed by atoms with Crippen molar-refractivity contribution >= 4 is 17.1 Å². The van der Waals surface area contributed by atoms with Crippen molar-refractivity contribution in [2.24, 2.45) is 29.1 Å². The minimum Gasteiger partial charge on any atom is -0.310 e. The average molecular weight is 826 g/mol. The van der Waals surface area contributed by atoms with E-state index < -0.39 is 0 Å². The number of hydrogen-bond donors (Lipinski definition) is 0. The van der Waals surface area contributed by atoms with Gasteiger partial charge in [-0.1, -0.05) is 154 Å². The summed E-state index contributed by atoms with van der Waals surface area (Å²) >= 11 is 0. The first-order valence-corrected chi connectivity index (χ1v) is 24.5. The summed E-state index contributed by atoms with van der Waals surface area (Å²) in [6.07, 6.45) is 8.17. The molecule has 2 spiro atoms. The van der Waals surface area contributed by atoms with Gasteiger partial charge in [0.25, 0.3) is 0 Å². The van der Waals surface area contributed by atoms with E-state index in [9.17, 15) is 0 Å². The summed E-state index contributed by atoms with van der Waals surface area (Å²) in [5.41, 5.74) is 22.2. The molecule has 320 valence electrons. The molecule has 0 aromatic heterocycles. The third kappa shape index (κ3) is 5.47. The zero-order chi connectivity index (χ0) is 43.6. The first-order chi connectivity index (χ1) is 29.9. The molecule has 4 fully saturated rings. The molecular formula is C62H67N. The van der Waals surface area contributed by atoms with E-state index in [0.29, 0.717) is 5.41 Å². The Kier molecular flexibility index (Phi) is 8.12. The van der Waals surface area contributed by atoms with Crippen molar-refractivity contribution in [2.75, 3.05) is 4.90 Å². The zero-order valence-corrected chi connectivity index (χ0v) is 39.6. The first-order valence-electron chi connectivity index (χ1n) is 24.5. The molecular weight excluding hydrogens is 759 g/mol. The Morgan fingerprint density at radius 1 is 0.460 bits per heavy atom. The summed E-state index contributed by atoms with van der Waals surface area (Å²) in [4.78, 5) is 2.60. The van der Waals surface area contributed by atoms with Gasteiger partial charge in [-0.25, -0.2) is 0 Å². The maximum absolute atomic E-state index is 2.70. The first kappa shape index (κ1) is 39.7. The molecule has 6 aliphatic carbocycles. The standard InChI is InChI=1S/C62H67N/c1-57(2,3)43-30-42(31-44(33-43)58(4,5)6)41-18-23-49-50-24-21-47(35-53(50)62(52(49)32-41)55-29-38-28-45-34-56(62)61(45,55)37-38)63(46-19-16-40(17-20-46)39-14-12-11-13-15-39)48-22-25-51-54(36-48)60(9,10)27-26-59(51,7)8/h11-25,30-33,35-36,38,45,55-56H,26-29,34,37H2,1-10H3. The molecule has 6 aromatic carbocycles.